The topological polar surface area (TPSA) is 69.8 Å². The van der Waals surface area contributed by atoms with Crippen molar-refractivity contribution < 1.29 is 5.11 Å². The van der Waals surface area contributed by atoms with Crippen LogP contribution in [0.5, 0.6) is 5.75 Å². The second kappa shape index (κ2) is 3.76. The van der Waals surface area contributed by atoms with Gasteiger partial charge in [0, 0.05) is 18.0 Å². The lowest BCUT2D eigenvalue weighted by molar-refractivity contribution is 0.475. The molecule has 0 aliphatic carbocycles. The number of hydrogen-bond acceptors (Lipinski definition) is 4. The van der Waals surface area contributed by atoms with E-state index in [1.165, 1.54) is 12.4 Å². The number of rotatable bonds is 1. The Bertz CT molecular complexity index is 514. The van der Waals surface area contributed by atoms with Gasteiger partial charge < -0.3 is 5.11 Å². The molecule has 0 saturated carbocycles. The van der Waals surface area contributed by atoms with Crippen molar-refractivity contribution in [2.45, 2.75) is 0 Å². The number of benzene rings is 1. The molecule has 4 nitrogen and oxygen atoms in total. The molecular weight excluding hydrogens is 190 g/mol. The molecule has 0 radical (unpaired) electrons. The minimum absolute atomic E-state index is 0.167. The average Bonchev–Trinajstić information content (AvgIpc) is 2.29. The molecule has 1 aromatic heterocycles. The molecule has 0 saturated heterocycles. The van der Waals surface area contributed by atoms with Crippen LogP contribution in [0.3, 0.4) is 0 Å². The Kier molecular flexibility index (Phi) is 2.30. The molecule has 0 unspecified atom stereocenters. The van der Waals surface area contributed by atoms with Crippen molar-refractivity contribution in [1.29, 1.82) is 5.26 Å². The number of nitriles is 1. The molecule has 1 N–H and O–H groups in total. The van der Waals surface area contributed by atoms with Gasteiger partial charge in [-0.1, -0.05) is 12.1 Å². The molecule has 0 aliphatic rings. The molecule has 1 aromatic carbocycles. The fourth-order valence-electron chi connectivity index (χ4n) is 1.18. The van der Waals surface area contributed by atoms with Crippen molar-refractivity contribution >= 4 is 0 Å². The van der Waals surface area contributed by atoms with E-state index in [4.69, 9.17) is 5.26 Å². The number of aromatic nitrogens is 2. The molecule has 0 fully saturated rings. The summed E-state index contributed by atoms with van der Waals surface area (Å²) in [5.74, 6) is 0.658. The first-order valence-electron chi connectivity index (χ1n) is 4.31. The van der Waals surface area contributed by atoms with E-state index in [1.807, 2.05) is 6.07 Å². The Labute approximate surface area is 86.5 Å². The molecule has 72 valence electrons. The minimum Gasteiger partial charge on any atom is -0.508 e. The molecule has 15 heavy (non-hydrogen) atoms. The molecule has 0 bridgehead atoms. The smallest absolute Gasteiger partial charge is 0.159 e. The summed E-state index contributed by atoms with van der Waals surface area (Å²) in [6.45, 7) is 0. The standard InChI is InChI=1S/C11H7N3O/c12-5-8-6-13-11(14-7-8)9-2-1-3-10(15)4-9/h1-4,6-7,15H. The Hall–Kier alpha value is -2.41. The molecule has 2 rings (SSSR count). The lowest BCUT2D eigenvalue weighted by Gasteiger charge is -1.99. The Morgan fingerprint density at radius 2 is 1.93 bits per heavy atom. The van der Waals surface area contributed by atoms with E-state index < -0.39 is 0 Å². The molecule has 0 aliphatic heterocycles. The van der Waals surface area contributed by atoms with Gasteiger partial charge in [-0.15, -0.1) is 0 Å². The van der Waals surface area contributed by atoms with Crippen molar-refractivity contribution in [3.63, 3.8) is 0 Å². The van der Waals surface area contributed by atoms with E-state index in [9.17, 15) is 5.11 Å². The van der Waals surface area contributed by atoms with Gasteiger partial charge in [-0.05, 0) is 12.1 Å². The van der Waals surface area contributed by atoms with E-state index in [1.54, 1.807) is 24.3 Å². The van der Waals surface area contributed by atoms with Crippen LogP contribution in [-0.4, -0.2) is 15.1 Å². The van der Waals surface area contributed by atoms with Gasteiger partial charge >= 0.3 is 0 Å². The third-order valence-electron chi connectivity index (χ3n) is 1.89. The predicted molar refractivity (Wildman–Crippen MR) is 53.8 cm³/mol. The molecular formula is C11H7N3O. The summed E-state index contributed by atoms with van der Waals surface area (Å²) in [6, 6.07) is 8.60. The Morgan fingerprint density at radius 3 is 2.53 bits per heavy atom. The molecule has 0 spiro atoms. The largest absolute Gasteiger partial charge is 0.508 e. The first-order valence-corrected chi connectivity index (χ1v) is 4.31. The predicted octanol–water partition coefficient (Wildman–Crippen LogP) is 1.72. The van der Waals surface area contributed by atoms with E-state index in [2.05, 4.69) is 9.97 Å². The summed E-state index contributed by atoms with van der Waals surface area (Å²) in [4.78, 5) is 8.03. The van der Waals surface area contributed by atoms with Crippen LogP contribution in [0.15, 0.2) is 36.7 Å². The highest BCUT2D eigenvalue weighted by molar-refractivity contribution is 5.57. The SMILES string of the molecule is N#Cc1cnc(-c2cccc(O)c2)nc1. The maximum absolute atomic E-state index is 9.27. The second-order valence-electron chi connectivity index (χ2n) is 2.96. The monoisotopic (exact) mass is 197 g/mol. The Morgan fingerprint density at radius 1 is 1.20 bits per heavy atom. The lowest BCUT2D eigenvalue weighted by Crippen LogP contribution is -1.89. The van der Waals surface area contributed by atoms with Crippen LogP contribution < -0.4 is 0 Å². The minimum atomic E-state index is 0.167. The van der Waals surface area contributed by atoms with Crippen LogP contribution in [0.25, 0.3) is 11.4 Å². The maximum Gasteiger partial charge on any atom is 0.159 e. The quantitative estimate of drug-likeness (QED) is 0.755. The van der Waals surface area contributed by atoms with Crippen molar-refractivity contribution in [3.05, 3.63) is 42.2 Å². The first kappa shape index (κ1) is 9.16. The van der Waals surface area contributed by atoms with Crippen molar-refractivity contribution in [1.82, 2.24) is 9.97 Å². The second-order valence-corrected chi connectivity index (χ2v) is 2.96. The van der Waals surface area contributed by atoms with Gasteiger partial charge in [-0.3, -0.25) is 0 Å². The van der Waals surface area contributed by atoms with E-state index in [0.717, 1.165) is 5.56 Å². The molecule has 4 heteroatoms. The van der Waals surface area contributed by atoms with Gasteiger partial charge in [0.05, 0.1) is 5.56 Å². The molecule has 0 amide bonds. The van der Waals surface area contributed by atoms with Crippen molar-refractivity contribution in [3.8, 4) is 23.2 Å². The molecule has 1 heterocycles. The summed E-state index contributed by atoms with van der Waals surface area (Å²) < 4.78 is 0. The Balaban J connectivity index is 2.42. The number of nitrogens with zero attached hydrogens (tertiary/aromatic N) is 3. The maximum atomic E-state index is 9.27. The summed E-state index contributed by atoms with van der Waals surface area (Å²) in [7, 11) is 0. The zero-order valence-electron chi connectivity index (χ0n) is 7.75. The number of phenols is 1. The summed E-state index contributed by atoms with van der Waals surface area (Å²) >= 11 is 0. The third-order valence-corrected chi connectivity index (χ3v) is 1.89. The summed E-state index contributed by atoms with van der Waals surface area (Å²) in [6.07, 6.45) is 2.90. The van der Waals surface area contributed by atoms with E-state index in [0.29, 0.717) is 11.4 Å². The van der Waals surface area contributed by atoms with Crippen molar-refractivity contribution in [2.75, 3.05) is 0 Å². The number of aromatic hydroxyl groups is 1. The number of phenolic OH excluding ortho intramolecular Hbond substituents is 1. The van der Waals surface area contributed by atoms with Crippen LogP contribution in [0, 0.1) is 11.3 Å². The third kappa shape index (κ3) is 1.92. The van der Waals surface area contributed by atoms with E-state index >= 15 is 0 Å². The van der Waals surface area contributed by atoms with Crippen LogP contribution in [0.4, 0.5) is 0 Å². The normalized spacial score (nSPS) is 9.53. The van der Waals surface area contributed by atoms with Crippen LogP contribution in [-0.2, 0) is 0 Å². The van der Waals surface area contributed by atoms with Crippen LogP contribution in [0.2, 0.25) is 0 Å². The van der Waals surface area contributed by atoms with Gasteiger partial charge in [0.1, 0.15) is 11.8 Å². The van der Waals surface area contributed by atoms with E-state index in [-0.39, 0.29) is 5.75 Å². The summed E-state index contributed by atoms with van der Waals surface area (Å²) in [5.41, 5.74) is 1.14. The fourth-order valence-corrected chi connectivity index (χ4v) is 1.18. The van der Waals surface area contributed by atoms with Gasteiger partial charge in [0.15, 0.2) is 5.82 Å². The van der Waals surface area contributed by atoms with Crippen LogP contribution >= 0.6 is 0 Å². The average molecular weight is 197 g/mol. The number of hydrogen-bond donors (Lipinski definition) is 1. The van der Waals surface area contributed by atoms with Gasteiger partial charge in [0.2, 0.25) is 0 Å². The molecule has 2 aromatic rings. The highest BCUT2D eigenvalue weighted by Crippen LogP contribution is 2.19. The van der Waals surface area contributed by atoms with Crippen LogP contribution in [0.1, 0.15) is 5.56 Å². The molecule has 0 atom stereocenters. The fraction of sp³-hybridized carbons (Fsp3) is 0. The first-order chi connectivity index (χ1) is 7.29. The summed E-state index contributed by atoms with van der Waals surface area (Å²) in [5, 5.41) is 17.8. The zero-order valence-corrected chi connectivity index (χ0v) is 7.75. The van der Waals surface area contributed by atoms with Gasteiger partial charge in [0.25, 0.3) is 0 Å². The highest BCUT2D eigenvalue weighted by Gasteiger charge is 2.01. The van der Waals surface area contributed by atoms with Crippen molar-refractivity contribution in [2.24, 2.45) is 0 Å². The van der Waals surface area contributed by atoms with Gasteiger partial charge in [-0.2, -0.15) is 5.26 Å². The lowest BCUT2D eigenvalue weighted by atomic mass is 10.2. The van der Waals surface area contributed by atoms with Gasteiger partial charge in [-0.25, -0.2) is 9.97 Å². The highest BCUT2D eigenvalue weighted by atomic mass is 16.3. The zero-order chi connectivity index (χ0) is 10.7.